The summed E-state index contributed by atoms with van der Waals surface area (Å²) in [4.78, 5) is 25.6. The molecule has 7 heteroatoms. The van der Waals surface area contributed by atoms with Crippen LogP contribution in [0.25, 0.3) is 0 Å². The summed E-state index contributed by atoms with van der Waals surface area (Å²) in [5.74, 6) is -0.509. The molecule has 0 spiro atoms. The highest BCUT2D eigenvalue weighted by Gasteiger charge is 2.28. The van der Waals surface area contributed by atoms with E-state index >= 15 is 0 Å². The molecule has 25 heavy (non-hydrogen) atoms. The molecule has 0 saturated carbocycles. The lowest BCUT2D eigenvalue weighted by atomic mass is 10.1. The molecule has 6 nitrogen and oxygen atoms in total. The average Bonchev–Trinajstić information content (AvgIpc) is 2.93. The lowest BCUT2D eigenvalue weighted by molar-refractivity contribution is -0.160. The Morgan fingerprint density at radius 1 is 1.16 bits per heavy atom. The van der Waals surface area contributed by atoms with E-state index in [0.29, 0.717) is 6.54 Å². The normalized spacial score (nSPS) is 13.2. The second kappa shape index (κ2) is 9.20. The van der Waals surface area contributed by atoms with Gasteiger partial charge < -0.3 is 20.1 Å². The van der Waals surface area contributed by atoms with Crippen LogP contribution in [0.5, 0.6) is 0 Å². The molecule has 0 aliphatic heterocycles. The summed E-state index contributed by atoms with van der Waals surface area (Å²) in [6.07, 6.45) is 0.751. The Balaban J connectivity index is 2.54. The van der Waals surface area contributed by atoms with Gasteiger partial charge in [-0.2, -0.15) is 0 Å². The Bertz CT molecular complexity index is 544. The Hall–Kier alpha value is -1.60. The van der Waals surface area contributed by atoms with Gasteiger partial charge in [-0.1, -0.05) is 6.07 Å². The highest BCUT2D eigenvalue weighted by Crippen LogP contribution is 2.12. The van der Waals surface area contributed by atoms with Crippen LogP contribution in [-0.2, 0) is 20.7 Å². The minimum atomic E-state index is -0.861. The monoisotopic (exact) mass is 370 g/mol. The summed E-state index contributed by atoms with van der Waals surface area (Å²) in [6.45, 7) is 11.6. The number of ether oxygens (including phenoxy) is 2. The Morgan fingerprint density at radius 2 is 1.84 bits per heavy atom. The minimum absolute atomic E-state index is 0.0523. The molecule has 0 aromatic carbocycles. The topological polar surface area (TPSA) is 76.7 Å². The van der Waals surface area contributed by atoms with Gasteiger partial charge in [0.25, 0.3) is 0 Å². The molecule has 1 atom stereocenters. The molecule has 0 radical (unpaired) electrons. The van der Waals surface area contributed by atoms with Crippen molar-refractivity contribution >= 4 is 23.3 Å². The fourth-order valence-electron chi connectivity index (χ4n) is 1.84. The highest BCUT2D eigenvalue weighted by molar-refractivity contribution is 7.09. The van der Waals surface area contributed by atoms with Crippen molar-refractivity contribution in [1.29, 1.82) is 0 Å². The van der Waals surface area contributed by atoms with Gasteiger partial charge in [0.05, 0.1) is 12.2 Å². The number of esters is 1. The van der Waals surface area contributed by atoms with Crippen LogP contribution in [0.2, 0.25) is 0 Å². The van der Waals surface area contributed by atoms with Crippen LogP contribution in [0.15, 0.2) is 17.5 Å². The maximum atomic E-state index is 12.3. The van der Waals surface area contributed by atoms with Crippen molar-refractivity contribution in [2.24, 2.45) is 0 Å². The van der Waals surface area contributed by atoms with Crippen molar-refractivity contribution in [2.75, 3.05) is 13.2 Å². The average molecular weight is 371 g/mol. The van der Waals surface area contributed by atoms with Gasteiger partial charge in [0, 0.05) is 11.4 Å². The summed E-state index contributed by atoms with van der Waals surface area (Å²) in [5, 5.41) is 7.40. The van der Waals surface area contributed by atoms with E-state index in [1.54, 1.807) is 32.1 Å². The van der Waals surface area contributed by atoms with Gasteiger partial charge in [0.2, 0.25) is 0 Å². The van der Waals surface area contributed by atoms with E-state index in [9.17, 15) is 9.59 Å². The second-order valence-electron chi connectivity index (χ2n) is 7.74. The Morgan fingerprint density at radius 3 is 2.36 bits per heavy atom. The molecule has 0 saturated heterocycles. The van der Waals surface area contributed by atoms with Gasteiger partial charge in [-0.15, -0.1) is 11.3 Å². The summed E-state index contributed by atoms with van der Waals surface area (Å²) in [5.41, 5.74) is -1.05. The fourth-order valence-corrected chi connectivity index (χ4v) is 2.55. The van der Waals surface area contributed by atoms with E-state index in [0.717, 1.165) is 6.42 Å². The largest absolute Gasteiger partial charge is 0.458 e. The van der Waals surface area contributed by atoms with E-state index in [-0.39, 0.29) is 6.61 Å². The van der Waals surface area contributed by atoms with Crippen LogP contribution < -0.4 is 10.6 Å². The van der Waals surface area contributed by atoms with E-state index in [2.05, 4.69) is 10.6 Å². The quantitative estimate of drug-likeness (QED) is 0.723. The molecule has 1 aromatic rings. The third-order valence-electron chi connectivity index (χ3n) is 2.92. The van der Waals surface area contributed by atoms with E-state index in [4.69, 9.17) is 9.47 Å². The van der Waals surface area contributed by atoms with Gasteiger partial charge in [0.1, 0.15) is 5.60 Å². The molecule has 1 heterocycles. The van der Waals surface area contributed by atoms with E-state index in [1.165, 1.54) is 4.88 Å². The van der Waals surface area contributed by atoms with Crippen LogP contribution in [-0.4, -0.2) is 42.4 Å². The van der Waals surface area contributed by atoms with E-state index in [1.807, 2.05) is 38.3 Å². The van der Waals surface area contributed by atoms with Gasteiger partial charge in [-0.05, 0) is 59.4 Å². The van der Waals surface area contributed by atoms with Gasteiger partial charge in [-0.3, -0.25) is 0 Å². The van der Waals surface area contributed by atoms with Crippen molar-refractivity contribution < 1.29 is 19.1 Å². The molecule has 1 rings (SSSR count). The summed E-state index contributed by atoms with van der Waals surface area (Å²) in [7, 11) is 0. The van der Waals surface area contributed by atoms with Crippen LogP contribution in [0.1, 0.15) is 46.4 Å². The zero-order chi connectivity index (χ0) is 19.1. The number of hydrogen-bond donors (Lipinski definition) is 2. The first kappa shape index (κ1) is 21.4. The number of hydrogen-bond acceptors (Lipinski definition) is 5. The molecule has 1 aromatic heterocycles. The number of carbonyl (C=O) groups is 2. The lowest BCUT2D eigenvalue weighted by Gasteiger charge is -2.27. The Labute approximate surface area is 154 Å². The molecule has 2 N–H and O–H groups in total. The van der Waals surface area contributed by atoms with Crippen molar-refractivity contribution in [2.45, 2.75) is 65.2 Å². The number of rotatable bonds is 7. The van der Waals surface area contributed by atoms with Crippen LogP contribution in [0.3, 0.4) is 0 Å². The number of amides is 2. The molecule has 0 aliphatic carbocycles. The SMILES string of the molecule is CC(C)(C)OCC(NC(=O)NCCc1cccs1)C(=O)OC(C)(C)C. The number of carbonyl (C=O) groups excluding carboxylic acids is 2. The molecular weight excluding hydrogens is 340 g/mol. The molecule has 0 aliphatic rings. The van der Waals surface area contributed by atoms with Gasteiger partial charge >= 0.3 is 12.0 Å². The highest BCUT2D eigenvalue weighted by atomic mass is 32.1. The maximum absolute atomic E-state index is 12.3. The molecule has 142 valence electrons. The molecule has 0 fully saturated rings. The van der Waals surface area contributed by atoms with Crippen LogP contribution in [0.4, 0.5) is 4.79 Å². The maximum Gasteiger partial charge on any atom is 0.331 e. The first-order chi connectivity index (χ1) is 11.5. The first-order valence-electron chi connectivity index (χ1n) is 8.40. The predicted octanol–water partition coefficient (Wildman–Crippen LogP) is 3.12. The third kappa shape index (κ3) is 10.1. The second-order valence-corrected chi connectivity index (χ2v) is 8.77. The summed E-state index contributed by atoms with van der Waals surface area (Å²) < 4.78 is 11.0. The van der Waals surface area contributed by atoms with E-state index < -0.39 is 29.2 Å². The fraction of sp³-hybridized carbons (Fsp3) is 0.667. The lowest BCUT2D eigenvalue weighted by Crippen LogP contribution is -2.51. The number of thiophene rings is 1. The smallest absolute Gasteiger partial charge is 0.331 e. The van der Waals surface area contributed by atoms with Crippen LogP contribution >= 0.6 is 11.3 Å². The molecule has 1 unspecified atom stereocenters. The predicted molar refractivity (Wildman–Crippen MR) is 99.9 cm³/mol. The van der Waals surface area contributed by atoms with Gasteiger partial charge in [0.15, 0.2) is 6.04 Å². The van der Waals surface area contributed by atoms with Crippen molar-refractivity contribution in [3.63, 3.8) is 0 Å². The molecule has 2 amide bonds. The van der Waals surface area contributed by atoms with Gasteiger partial charge in [-0.25, -0.2) is 9.59 Å². The summed E-state index contributed by atoms with van der Waals surface area (Å²) >= 11 is 1.64. The Kier molecular flexibility index (Phi) is 7.89. The first-order valence-corrected chi connectivity index (χ1v) is 9.28. The zero-order valence-corrected chi connectivity index (χ0v) is 16.8. The van der Waals surface area contributed by atoms with Crippen molar-refractivity contribution in [3.8, 4) is 0 Å². The van der Waals surface area contributed by atoms with Crippen molar-refractivity contribution in [1.82, 2.24) is 10.6 Å². The summed E-state index contributed by atoms with van der Waals surface area (Å²) in [6, 6.07) is 2.72. The molecular formula is C18H30N2O4S. The number of nitrogens with one attached hydrogen (secondary N) is 2. The van der Waals surface area contributed by atoms with Crippen molar-refractivity contribution in [3.05, 3.63) is 22.4 Å². The zero-order valence-electron chi connectivity index (χ0n) is 16.0. The molecule has 0 bridgehead atoms. The third-order valence-corrected chi connectivity index (χ3v) is 3.85. The minimum Gasteiger partial charge on any atom is -0.458 e. The standard InChI is InChI=1S/C18H30N2O4S/c1-17(2,3)23-12-14(15(21)24-18(4,5)6)20-16(22)19-10-9-13-8-7-11-25-13/h7-8,11,14H,9-10,12H2,1-6H3,(H2,19,20,22). The van der Waals surface area contributed by atoms with Crippen LogP contribution in [0, 0.1) is 0 Å². The number of urea groups is 1.